The molecule has 1 aromatic heterocycles. The Morgan fingerprint density at radius 3 is 2.28 bits per heavy atom. The molecule has 0 N–H and O–H groups in total. The summed E-state index contributed by atoms with van der Waals surface area (Å²) in [6, 6.07) is 3.43. The van der Waals surface area contributed by atoms with Crippen molar-refractivity contribution in [1.82, 2.24) is 9.78 Å². The van der Waals surface area contributed by atoms with Gasteiger partial charge in [-0.3, -0.25) is 4.79 Å². The minimum atomic E-state index is -6.12. The van der Waals surface area contributed by atoms with Gasteiger partial charge < -0.3 is 4.18 Å². The average molecular weight is 388 g/mol. The van der Waals surface area contributed by atoms with E-state index in [-0.39, 0.29) is 5.69 Å². The molecule has 0 atom stereocenters. The normalized spacial score (nSPS) is 12.9. The van der Waals surface area contributed by atoms with Crippen LogP contribution in [-0.4, -0.2) is 23.7 Å². The van der Waals surface area contributed by atoms with Gasteiger partial charge in [-0.25, -0.2) is 4.68 Å². The minimum Gasteiger partial charge on any atom is -0.370 e. The van der Waals surface area contributed by atoms with Gasteiger partial charge in [-0.05, 0) is 18.2 Å². The maximum atomic E-state index is 12.7. The standard InChI is InChI=1S/C12H6F6N2O4S/c13-11(14,15)7-2-1-3-8(4-7)20-6-10(9(21)5-19-20)24-25(22,23)12(16,17)18/h1-6H. The van der Waals surface area contributed by atoms with Crippen LogP contribution in [-0.2, 0) is 16.3 Å². The molecule has 1 heterocycles. The fourth-order valence-electron chi connectivity index (χ4n) is 1.58. The van der Waals surface area contributed by atoms with Gasteiger partial charge in [-0.1, -0.05) is 6.07 Å². The van der Waals surface area contributed by atoms with Gasteiger partial charge in [0, 0.05) is 0 Å². The largest absolute Gasteiger partial charge is 0.534 e. The molecule has 13 heteroatoms. The zero-order chi connectivity index (χ0) is 19.0. The Hall–Kier alpha value is -2.57. The first kappa shape index (κ1) is 18.8. The monoisotopic (exact) mass is 388 g/mol. The van der Waals surface area contributed by atoms with Crippen LogP contribution in [0.1, 0.15) is 5.56 Å². The van der Waals surface area contributed by atoms with Gasteiger partial charge in [-0.2, -0.15) is 39.9 Å². The van der Waals surface area contributed by atoms with E-state index < -0.39 is 38.5 Å². The van der Waals surface area contributed by atoms with Crippen molar-refractivity contribution in [2.24, 2.45) is 0 Å². The maximum Gasteiger partial charge on any atom is 0.534 e. The Balaban J connectivity index is 2.49. The Labute approximate surface area is 135 Å². The highest BCUT2D eigenvalue weighted by Crippen LogP contribution is 2.30. The molecule has 136 valence electrons. The summed E-state index contributed by atoms with van der Waals surface area (Å²) in [5, 5.41) is 3.41. The summed E-state index contributed by atoms with van der Waals surface area (Å²) < 4.78 is 101. The summed E-state index contributed by atoms with van der Waals surface area (Å²) in [5.74, 6) is -1.27. The summed E-state index contributed by atoms with van der Waals surface area (Å²) in [7, 11) is -6.12. The van der Waals surface area contributed by atoms with Crippen molar-refractivity contribution >= 4 is 10.1 Å². The third-order valence-electron chi connectivity index (χ3n) is 2.70. The second kappa shape index (κ2) is 6.06. The molecule has 0 aliphatic carbocycles. The molecule has 2 rings (SSSR count). The first-order chi connectivity index (χ1) is 11.3. The molecular formula is C12H6F6N2O4S. The Morgan fingerprint density at radius 1 is 1.08 bits per heavy atom. The fourth-order valence-corrected chi connectivity index (χ4v) is 2.04. The van der Waals surface area contributed by atoms with E-state index in [1.807, 2.05) is 0 Å². The van der Waals surface area contributed by atoms with Crippen molar-refractivity contribution < 1.29 is 38.9 Å². The van der Waals surface area contributed by atoms with Gasteiger partial charge in [0.2, 0.25) is 11.2 Å². The summed E-state index contributed by atoms with van der Waals surface area (Å²) >= 11 is 0. The van der Waals surface area contributed by atoms with E-state index in [0.29, 0.717) is 23.1 Å². The van der Waals surface area contributed by atoms with Crippen molar-refractivity contribution in [3.8, 4) is 11.4 Å². The molecule has 0 unspecified atom stereocenters. The molecule has 6 nitrogen and oxygen atoms in total. The number of hydrogen-bond acceptors (Lipinski definition) is 5. The first-order valence-corrected chi connectivity index (χ1v) is 7.49. The lowest BCUT2D eigenvalue weighted by molar-refractivity contribution is -0.137. The molecule has 1 aromatic carbocycles. The molecule has 0 bridgehead atoms. The zero-order valence-electron chi connectivity index (χ0n) is 11.7. The van der Waals surface area contributed by atoms with E-state index in [1.165, 1.54) is 0 Å². The highest BCUT2D eigenvalue weighted by molar-refractivity contribution is 7.87. The quantitative estimate of drug-likeness (QED) is 0.459. The summed E-state index contributed by atoms with van der Waals surface area (Å²) in [6.45, 7) is 0. The third kappa shape index (κ3) is 4.10. The van der Waals surface area contributed by atoms with Crippen LogP contribution in [0.25, 0.3) is 5.69 Å². The molecule has 25 heavy (non-hydrogen) atoms. The smallest absolute Gasteiger partial charge is 0.370 e. The lowest BCUT2D eigenvalue weighted by atomic mass is 10.2. The van der Waals surface area contributed by atoms with Crippen molar-refractivity contribution in [1.29, 1.82) is 0 Å². The Morgan fingerprint density at radius 2 is 1.72 bits per heavy atom. The van der Waals surface area contributed by atoms with Gasteiger partial charge in [0.05, 0.1) is 23.6 Å². The van der Waals surface area contributed by atoms with Gasteiger partial charge in [0.1, 0.15) is 0 Å². The number of rotatable bonds is 3. The van der Waals surface area contributed by atoms with Crippen LogP contribution in [0, 0.1) is 0 Å². The number of nitrogens with zero attached hydrogens (tertiary/aromatic N) is 2. The van der Waals surface area contributed by atoms with E-state index in [2.05, 4.69) is 9.28 Å². The van der Waals surface area contributed by atoms with Gasteiger partial charge in [0.15, 0.2) is 0 Å². The van der Waals surface area contributed by atoms with Crippen LogP contribution < -0.4 is 9.61 Å². The lowest BCUT2D eigenvalue weighted by Gasteiger charge is -2.12. The van der Waals surface area contributed by atoms with Crippen molar-refractivity contribution in [2.75, 3.05) is 0 Å². The van der Waals surface area contributed by atoms with Crippen LogP contribution in [0.4, 0.5) is 26.3 Å². The SMILES string of the molecule is O=c1cnn(-c2cccc(C(F)(F)F)c2)cc1OS(=O)(=O)C(F)(F)F. The van der Waals surface area contributed by atoms with Crippen LogP contribution in [0.2, 0.25) is 0 Å². The number of benzene rings is 1. The predicted molar refractivity (Wildman–Crippen MR) is 70.4 cm³/mol. The fraction of sp³-hybridized carbons (Fsp3) is 0.167. The Kier molecular flexibility index (Phi) is 4.55. The van der Waals surface area contributed by atoms with Crippen LogP contribution in [0.15, 0.2) is 41.5 Å². The zero-order valence-corrected chi connectivity index (χ0v) is 12.5. The maximum absolute atomic E-state index is 12.7. The van der Waals surface area contributed by atoms with Gasteiger partial charge in [0.25, 0.3) is 0 Å². The topological polar surface area (TPSA) is 78.3 Å². The number of aromatic nitrogens is 2. The molecule has 0 aliphatic heterocycles. The van der Waals surface area contributed by atoms with Crippen LogP contribution in [0.3, 0.4) is 0 Å². The average Bonchev–Trinajstić information content (AvgIpc) is 2.47. The summed E-state index contributed by atoms with van der Waals surface area (Å²) in [5.41, 5.74) is -8.47. The highest BCUT2D eigenvalue weighted by atomic mass is 32.2. The minimum absolute atomic E-state index is 0.288. The third-order valence-corrected chi connectivity index (χ3v) is 3.67. The van der Waals surface area contributed by atoms with Crippen LogP contribution in [0.5, 0.6) is 5.75 Å². The predicted octanol–water partition coefficient (Wildman–Crippen LogP) is 2.48. The second-order valence-corrected chi connectivity index (χ2v) is 6.02. The van der Waals surface area contributed by atoms with Crippen LogP contribution >= 0.6 is 0 Å². The summed E-state index contributed by atoms with van der Waals surface area (Å²) in [6.07, 6.45) is -3.86. The molecule has 0 saturated carbocycles. The van der Waals surface area contributed by atoms with Crippen molar-refractivity contribution in [3.63, 3.8) is 0 Å². The van der Waals surface area contributed by atoms with Gasteiger partial charge >= 0.3 is 21.8 Å². The molecule has 0 aliphatic rings. The molecular weight excluding hydrogens is 382 g/mol. The summed E-state index contributed by atoms with van der Waals surface area (Å²) in [4.78, 5) is 11.4. The molecule has 0 fully saturated rings. The van der Waals surface area contributed by atoms with E-state index in [4.69, 9.17) is 0 Å². The first-order valence-electron chi connectivity index (χ1n) is 6.08. The molecule has 0 saturated heterocycles. The lowest BCUT2D eigenvalue weighted by Crippen LogP contribution is -2.30. The Bertz CT molecular complexity index is 949. The van der Waals surface area contributed by atoms with E-state index in [1.54, 1.807) is 0 Å². The number of halogens is 6. The van der Waals surface area contributed by atoms with Crippen molar-refractivity contribution in [2.45, 2.75) is 11.7 Å². The number of alkyl halides is 6. The number of hydrogen-bond donors (Lipinski definition) is 0. The second-order valence-electron chi connectivity index (χ2n) is 4.48. The van der Waals surface area contributed by atoms with Gasteiger partial charge in [-0.15, -0.1) is 0 Å². The van der Waals surface area contributed by atoms with Crippen molar-refractivity contribution in [3.05, 3.63) is 52.4 Å². The molecule has 0 spiro atoms. The molecule has 0 amide bonds. The molecule has 2 aromatic rings. The molecule has 0 radical (unpaired) electrons. The highest BCUT2D eigenvalue weighted by Gasteiger charge is 2.49. The van der Waals surface area contributed by atoms with E-state index >= 15 is 0 Å². The van der Waals surface area contributed by atoms with E-state index in [0.717, 1.165) is 18.2 Å². The van der Waals surface area contributed by atoms with E-state index in [9.17, 15) is 39.6 Å².